The Morgan fingerprint density at radius 1 is 1.25 bits per heavy atom. The molecule has 0 bridgehead atoms. The number of ether oxygens (including phenoxy) is 2. The molecule has 1 heterocycles. The van der Waals surface area contributed by atoms with Gasteiger partial charge in [-0.3, -0.25) is 9.36 Å². The number of aryl methyl sites for hydroxylation is 1. The summed E-state index contributed by atoms with van der Waals surface area (Å²) in [6.45, 7) is 0.210. The van der Waals surface area contributed by atoms with Gasteiger partial charge < -0.3 is 14.6 Å². The van der Waals surface area contributed by atoms with E-state index < -0.39 is 6.10 Å². The molecule has 0 radical (unpaired) electrons. The summed E-state index contributed by atoms with van der Waals surface area (Å²) in [5.74, 6) is 1.66. The predicted molar refractivity (Wildman–Crippen MR) is 121 cm³/mol. The van der Waals surface area contributed by atoms with E-state index in [2.05, 4.69) is 4.98 Å². The molecule has 1 N–H and O–H groups in total. The Hall–Kier alpha value is -2.84. The van der Waals surface area contributed by atoms with Crippen LogP contribution in [0.3, 0.4) is 0 Å². The van der Waals surface area contributed by atoms with Gasteiger partial charge in [-0.15, -0.1) is 11.8 Å². The number of aromatic nitrogens is 2. The largest absolute Gasteiger partial charge is 0.493 e. The van der Waals surface area contributed by atoms with E-state index in [1.807, 2.05) is 6.07 Å². The van der Waals surface area contributed by atoms with E-state index in [4.69, 9.17) is 9.47 Å². The topological polar surface area (TPSA) is 73.6 Å². The van der Waals surface area contributed by atoms with E-state index in [1.165, 1.54) is 35.6 Å². The Labute approximate surface area is 190 Å². The molecule has 1 unspecified atom stereocenters. The molecule has 6 nitrogen and oxygen atoms in total. The van der Waals surface area contributed by atoms with Crippen LogP contribution in [-0.2, 0) is 6.42 Å². The fourth-order valence-corrected chi connectivity index (χ4v) is 4.26. The first-order valence-corrected chi connectivity index (χ1v) is 11.5. The van der Waals surface area contributed by atoms with Gasteiger partial charge in [0.15, 0.2) is 16.5 Å². The first-order chi connectivity index (χ1) is 15.5. The number of methoxy groups -OCH3 is 1. The van der Waals surface area contributed by atoms with Crippen molar-refractivity contribution in [2.24, 2.45) is 5.92 Å². The van der Waals surface area contributed by atoms with E-state index in [0.717, 1.165) is 18.4 Å². The lowest BCUT2D eigenvalue weighted by Crippen LogP contribution is -2.21. The molecule has 32 heavy (non-hydrogen) atoms. The van der Waals surface area contributed by atoms with E-state index in [1.54, 1.807) is 36.7 Å². The molecule has 2 aromatic carbocycles. The van der Waals surface area contributed by atoms with Crippen LogP contribution in [0.25, 0.3) is 5.69 Å². The molecule has 1 saturated carbocycles. The molecular weight excluding hydrogens is 431 g/mol. The molecule has 8 heteroatoms. The fourth-order valence-electron chi connectivity index (χ4n) is 3.37. The summed E-state index contributed by atoms with van der Waals surface area (Å²) in [4.78, 5) is 17.2. The second-order valence-corrected chi connectivity index (χ2v) is 8.77. The molecule has 0 amide bonds. The lowest BCUT2D eigenvalue weighted by molar-refractivity contribution is 0.0880. The minimum Gasteiger partial charge on any atom is -0.493 e. The molecule has 1 atom stereocenters. The van der Waals surface area contributed by atoms with Gasteiger partial charge in [0, 0.05) is 24.2 Å². The molecule has 1 aliphatic rings. The maximum absolute atomic E-state index is 13.3. The van der Waals surface area contributed by atoms with Gasteiger partial charge in [0.25, 0.3) is 5.56 Å². The molecule has 1 aromatic heterocycles. The third-order valence-electron chi connectivity index (χ3n) is 5.33. The van der Waals surface area contributed by atoms with Crippen molar-refractivity contribution in [3.63, 3.8) is 0 Å². The van der Waals surface area contributed by atoms with Gasteiger partial charge in [0.2, 0.25) is 0 Å². The van der Waals surface area contributed by atoms with Crippen molar-refractivity contribution >= 4 is 11.8 Å². The zero-order valence-corrected chi connectivity index (χ0v) is 18.6. The molecule has 0 saturated heterocycles. The van der Waals surface area contributed by atoms with E-state index in [9.17, 15) is 14.3 Å². The van der Waals surface area contributed by atoms with E-state index in [-0.39, 0.29) is 18.0 Å². The van der Waals surface area contributed by atoms with E-state index >= 15 is 0 Å². The molecule has 3 aromatic rings. The Kier molecular flexibility index (Phi) is 7.12. The summed E-state index contributed by atoms with van der Waals surface area (Å²) >= 11 is 1.34. The number of halogens is 1. The lowest BCUT2D eigenvalue weighted by atomic mass is 10.2. The zero-order valence-electron chi connectivity index (χ0n) is 17.7. The van der Waals surface area contributed by atoms with Crippen molar-refractivity contribution in [1.82, 2.24) is 9.55 Å². The molecular formula is C24H25FN2O4S. The van der Waals surface area contributed by atoms with Gasteiger partial charge in [0.05, 0.1) is 18.9 Å². The molecule has 1 fully saturated rings. The molecule has 0 spiro atoms. The highest BCUT2D eigenvalue weighted by Crippen LogP contribution is 2.34. The number of nitrogens with zero attached hydrogens (tertiary/aromatic N) is 2. The Morgan fingerprint density at radius 2 is 2.09 bits per heavy atom. The van der Waals surface area contributed by atoms with Crippen LogP contribution >= 0.6 is 11.8 Å². The van der Waals surface area contributed by atoms with Crippen LogP contribution in [0.1, 0.15) is 18.4 Å². The standard InChI is InChI=1S/C24H25FN2O4S/c1-30-22-14-19(7-8-21(22)31-15-20(28)17-5-6-17)27-11-10-26-23(24(27)29)32-12-9-16-3-2-4-18(25)13-16/h2-4,7-8,10-11,13-14,17,20,28H,5-6,9,12,15H2,1H3. The highest BCUT2D eigenvalue weighted by molar-refractivity contribution is 7.99. The van der Waals surface area contributed by atoms with Crippen molar-refractivity contribution in [3.05, 3.63) is 76.6 Å². The van der Waals surface area contributed by atoms with Gasteiger partial charge in [-0.05, 0) is 55.0 Å². The van der Waals surface area contributed by atoms with Crippen LogP contribution in [0.4, 0.5) is 4.39 Å². The molecule has 0 aliphatic heterocycles. The quantitative estimate of drug-likeness (QED) is 0.467. The summed E-state index contributed by atoms with van der Waals surface area (Å²) in [5.41, 5.74) is 1.26. The first-order valence-electron chi connectivity index (χ1n) is 10.5. The summed E-state index contributed by atoms with van der Waals surface area (Å²) in [6.07, 6.45) is 5.40. The second kappa shape index (κ2) is 10.2. The number of thioether (sulfide) groups is 1. The number of benzene rings is 2. The van der Waals surface area contributed by atoms with Crippen molar-refractivity contribution < 1.29 is 19.0 Å². The minimum absolute atomic E-state index is 0.210. The average Bonchev–Trinajstić information content (AvgIpc) is 3.64. The SMILES string of the molecule is COc1cc(-n2ccnc(SCCc3cccc(F)c3)c2=O)ccc1OCC(O)C1CC1. The third-order valence-corrected chi connectivity index (χ3v) is 6.29. The van der Waals surface area contributed by atoms with Crippen molar-refractivity contribution in [2.75, 3.05) is 19.5 Å². The normalized spacial score (nSPS) is 14.2. The Balaban J connectivity index is 1.46. The minimum atomic E-state index is -0.478. The highest BCUT2D eigenvalue weighted by Gasteiger charge is 2.30. The number of rotatable bonds is 10. The number of hydrogen-bond donors (Lipinski definition) is 1. The second-order valence-electron chi connectivity index (χ2n) is 7.69. The summed E-state index contributed by atoms with van der Waals surface area (Å²) < 4.78 is 26.0. The van der Waals surface area contributed by atoms with Gasteiger partial charge in [-0.2, -0.15) is 0 Å². The van der Waals surface area contributed by atoms with Crippen LogP contribution in [0.5, 0.6) is 11.5 Å². The van der Waals surface area contributed by atoms with Gasteiger partial charge in [-0.1, -0.05) is 12.1 Å². The summed E-state index contributed by atoms with van der Waals surface area (Å²) in [6, 6.07) is 11.7. The number of hydrogen-bond acceptors (Lipinski definition) is 6. The van der Waals surface area contributed by atoms with Gasteiger partial charge in [-0.25, -0.2) is 9.37 Å². The Bertz CT molecular complexity index is 1130. The molecule has 1 aliphatic carbocycles. The van der Waals surface area contributed by atoms with Crippen LogP contribution in [0.15, 0.2) is 64.7 Å². The van der Waals surface area contributed by atoms with Crippen LogP contribution < -0.4 is 15.0 Å². The fraction of sp³-hybridized carbons (Fsp3) is 0.333. The summed E-state index contributed by atoms with van der Waals surface area (Å²) in [5, 5.41) is 10.4. The average molecular weight is 457 g/mol. The lowest BCUT2D eigenvalue weighted by Gasteiger charge is -2.15. The maximum atomic E-state index is 13.3. The van der Waals surface area contributed by atoms with Crippen molar-refractivity contribution in [2.45, 2.75) is 30.4 Å². The zero-order chi connectivity index (χ0) is 22.5. The van der Waals surface area contributed by atoms with Gasteiger partial charge in [0.1, 0.15) is 12.4 Å². The van der Waals surface area contributed by atoms with Crippen molar-refractivity contribution in [3.8, 4) is 17.2 Å². The van der Waals surface area contributed by atoms with Crippen LogP contribution in [0, 0.1) is 11.7 Å². The van der Waals surface area contributed by atoms with Gasteiger partial charge >= 0.3 is 0 Å². The number of aliphatic hydroxyl groups is 1. The molecule has 4 rings (SSSR count). The predicted octanol–water partition coefficient (Wildman–Crippen LogP) is 3.86. The van der Waals surface area contributed by atoms with Crippen LogP contribution in [0.2, 0.25) is 0 Å². The maximum Gasteiger partial charge on any atom is 0.287 e. The third kappa shape index (κ3) is 5.49. The van der Waals surface area contributed by atoms with Crippen molar-refractivity contribution in [1.29, 1.82) is 0 Å². The smallest absolute Gasteiger partial charge is 0.287 e. The highest BCUT2D eigenvalue weighted by atomic mass is 32.2. The Morgan fingerprint density at radius 3 is 2.84 bits per heavy atom. The van der Waals surface area contributed by atoms with Crippen LogP contribution in [-0.4, -0.2) is 40.2 Å². The van der Waals surface area contributed by atoms with E-state index in [0.29, 0.717) is 40.3 Å². The number of aliphatic hydroxyl groups excluding tert-OH is 1. The monoisotopic (exact) mass is 456 g/mol. The molecule has 168 valence electrons. The first kappa shape index (κ1) is 22.4. The summed E-state index contributed by atoms with van der Waals surface area (Å²) in [7, 11) is 1.53.